The van der Waals surface area contributed by atoms with E-state index in [2.05, 4.69) is 10.6 Å². The summed E-state index contributed by atoms with van der Waals surface area (Å²) in [5, 5.41) is 7.13. The first-order valence-corrected chi connectivity index (χ1v) is 7.39. The van der Waals surface area contributed by atoms with E-state index >= 15 is 0 Å². The maximum Gasteiger partial charge on any atom is 0.238 e. The van der Waals surface area contributed by atoms with E-state index in [0.717, 1.165) is 5.56 Å². The van der Waals surface area contributed by atoms with E-state index in [9.17, 15) is 4.79 Å². The predicted molar refractivity (Wildman–Crippen MR) is 88.3 cm³/mol. The summed E-state index contributed by atoms with van der Waals surface area (Å²) in [6.07, 6.45) is 0. The van der Waals surface area contributed by atoms with E-state index in [1.807, 2.05) is 24.3 Å². The Morgan fingerprint density at radius 3 is 2.43 bits per heavy atom. The van der Waals surface area contributed by atoms with Crippen molar-refractivity contribution in [2.24, 2.45) is 0 Å². The number of carbonyl (C=O) groups is 1. The van der Waals surface area contributed by atoms with Gasteiger partial charge in [-0.25, -0.2) is 0 Å². The van der Waals surface area contributed by atoms with Crippen LogP contribution in [0.2, 0.25) is 15.1 Å². The van der Waals surface area contributed by atoms with Crippen molar-refractivity contribution < 1.29 is 4.79 Å². The van der Waals surface area contributed by atoms with E-state index in [1.165, 1.54) is 0 Å². The van der Waals surface area contributed by atoms with Gasteiger partial charge in [0.25, 0.3) is 0 Å². The highest BCUT2D eigenvalue weighted by molar-refractivity contribution is 6.44. The van der Waals surface area contributed by atoms with Crippen molar-refractivity contribution in [2.45, 2.75) is 6.54 Å². The molecule has 2 N–H and O–H groups in total. The monoisotopic (exact) mass is 342 g/mol. The summed E-state index contributed by atoms with van der Waals surface area (Å²) < 4.78 is 0. The van der Waals surface area contributed by atoms with E-state index in [0.29, 0.717) is 27.3 Å². The number of hydrogen-bond acceptors (Lipinski definition) is 2. The number of benzene rings is 2. The summed E-state index contributed by atoms with van der Waals surface area (Å²) in [4.78, 5) is 11.8. The molecule has 0 aliphatic heterocycles. The Hall–Kier alpha value is -1.26. The van der Waals surface area contributed by atoms with Crippen LogP contribution in [0.4, 0.5) is 5.69 Å². The van der Waals surface area contributed by atoms with Gasteiger partial charge in [0.15, 0.2) is 0 Å². The van der Waals surface area contributed by atoms with Gasteiger partial charge < -0.3 is 10.6 Å². The summed E-state index contributed by atoms with van der Waals surface area (Å²) in [6, 6.07) is 12.6. The molecule has 21 heavy (non-hydrogen) atoms. The standard InChI is InChI=1S/C15H13Cl3N2O/c16-11-5-2-1-4-10(11)8-19-9-14(21)20-13-7-3-6-12(17)15(13)18/h1-7,19H,8-9H2,(H,20,21). The zero-order valence-electron chi connectivity index (χ0n) is 11.0. The zero-order valence-corrected chi connectivity index (χ0v) is 13.3. The topological polar surface area (TPSA) is 41.1 Å². The third-order valence-electron chi connectivity index (χ3n) is 2.78. The molecule has 3 nitrogen and oxygen atoms in total. The number of anilines is 1. The first-order valence-electron chi connectivity index (χ1n) is 6.26. The van der Waals surface area contributed by atoms with Crippen LogP contribution in [-0.4, -0.2) is 12.5 Å². The second kappa shape index (κ2) is 7.66. The Bertz CT molecular complexity index is 647. The summed E-state index contributed by atoms with van der Waals surface area (Å²) in [7, 11) is 0. The molecule has 0 heterocycles. The maximum absolute atomic E-state index is 11.8. The molecule has 0 aliphatic carbocycles. The molecule has 110 valence electrons. The van der Waals surface area contributed by atoms with Gasteiger partial charge >= 0.3 is 0 Å². The predicted octanol–water partition coefficient (Wildman–Crippen LogP) is 4.38. The number of carbonyl (C=O) groups excluding carboxylic acids is 1. The molecule has 0 unspecified atom stereocenters. The molecule has 0 atom stereocenters. The Balaban J connectivity index is 1.85. The summed E-state index contributed by atoms with van der Waals surface area (Å²) in [5.41, 5.74) is 1.43. The summed E-state index contributed by atoms with van der Waals surface area (Å²) >= 11 is 17.9. The second-order valence-corrected chi connectivity index (χ2v) is 5.54. The smallest absolute Gasteiger partial charge is 0.238 e. The minimum absolute atomic E-state index is 0.147. The molecule has 1 amide bonds. The third-order valence-corrected chi connectivity index (χ3v) is 3.97. The summed E-state index contributed by atoms with van der Waals surface area (Å²) in [5.74, 6) is -0.203. The molecule has 0 bridgehead atoms. The Kier molecular flexibility index (Phi) is 5.88. The lowest BCUT2D eigenvalue weighted by Gasteiger charge is -2.09. The van der Waals surface area contributed by atoms with Gasteiger partial charge in [-0.2, -0.15) is 0 Å². The molecule has 2 aromatic rings. The molecular formula is C15H13Cl3N2O. The minimum Gasteiger partial charge on any atom is -0.324 e. The van der Waals surface area contributed by atoms with Gasteiger partial charge in [-0.05, 0) is 23.8 Å². The van der Waals surface area contributed by atoms with Crippen LogP contribution < -0.4 is 10.6 Å². The van der Waals surface area contributed by atoms with Crippen molar-refractivity contribution in [1.29, 1.82) is 0 Å². The number of halogens is 3. The van der Waals surface area contributed by atoms with Crippen molar-refractivity contribution in [3.63, 3.8) is 0 Å². The fraction of sp³-hybridized carbons (Fsp3) is 0.133. The lowest BCUT2D eigenvalue weighted by molar-refractivity contribution is -0.115. The first-order chi connectivity index (χ1) is 10.1. The highest BCUT2D eigenvalue weighted by Gasteiger charge is 2.08. The van der Waals surface area contributed by atoms with E-state index in [-0.39, 0.29) is 12.5 Å². The van der Waals surface area contributed by atoms with Gasteiger partial charge in [0, 0.05) is 11.6 Å². The van der Waals surface area contributed by atoms with Crippen LogP contribution in [-0.2, 0) is 11.3 Å². The Morgan fingerprint density at radius 2 is 1.67 bits per heavy atom. The van der Waals surface area contributed by atoms with Crippen LogP contribution in [0.3, 0.4) is 0 Å². The number of rotatable bonds is 5. The molecule has 2 rings (SSSR count). The van der Waals surface area contributed by atoms with Crippen LogP contribution in [0.15, 0.2) is 42.5 Å². The van der Waals surface area contributed by atoms with Crippen molar-refractivity contribution >= 4 is 46.4 Å². The van der Waals surface area contributed by atoms with Gasteiger partial charge in [0.2, 0.25) is 5.91 Å². The van der Waals surface area contributed by atoms with Gasteiger partial charge in [0.1, 0.15) is 0 Å². The number of amides is 1. The van der Waals surface area contributed by atoms with E-state index < -0.39 is 0 Å². The molecule has 6 heteroatoms. The first kappa shape index (κ1) is 16.1. The van der Waals surface area contributed by atoms with Crippen LogP contribution in [0, 0.1) is 0 Å². The van der Waals surface area contributed by atoms with Crippen LogP contribution in [0.5, 0.6) is 0 Å². The highest BCUT2D eigenvalue weighted by atomic mass is 35.5. The molecular weight excluding hydrogens is 331 g/mol. The Labute approximate surface area is 138 Å². The highest BCUT2D eigenvalue weighted by Crippen LogP contribution is 2.29. The Morgan fingerprint density at radius 1 is 0.952 bits per heavy atom. The fourth-order valence-electron chi connectivity index (χ4n) is 1.75. The number of nitrogens with one attached hydrogen (secondary N) is 2. The average molecular weight is 344 g/mol. The molecule has 0 saturated carbocycles. The second-order valence-electron chi connectivity index (χ2n) is 4.34. The van der Waals surface area contributed by atoms with Crippen LogP contribution in [0.1, 0.15) is 5.56 Å². The lowest BCUT2D eigenvalue weighted by atomic mass is 10.2. The lowest BCUT2D eigenvalue weighted by Crippen LogP contribution is -2.27. The maximum atomic E-state index is 11.8. The molecule has 0 saturated heterocycles. The zero-order chi connectivity index (χ0) is 15.2. The van der Waals surface area contributed by atoms with Crippen LogP contribution in [0.25, 0.3) is 0 Å². The molecule has 2 aromatic carbocycles. The van der Waals surface area contributed by atoms with Crippen LogP contribution >= 0.6 is 34.8 Å². The van der Waals surface area contributed by atoms with Gasteiger partial charge in [-0.3, -0.25) is 4.79 Å². The molecule has 0 radical (unpaired) electrons. The van der Waals surface area contributed by atoms with Gasteiger partial charge in [-0.1, -0.05) is 59.1 Å². The quantitative estimate of drug-likeness (QED) is 0.846. The average Bonchev–Trinajstić information content (AvgIpc) is 2.46. The van der Waals surface area contributed by atoms with Crippen molar-refractivity contribution in [1.82, 2.24) is 5.32 Å². The molecule has 0 aromatic heterocycles. The molecule has 0 aliphatic rings. The molecule has 0 spiro atoms. The van der Waals surface area contributed by atoms with Crippen molar-refractivity contribution in [3.8, 4) is 0 Å². The number of hydrogen-bond donors (Lipinski definition) is 2. The fourth-order valence-corrected chi connectivity index (χ4v) is 2.30. The largest absolute Gasteiger partial charge is 0.324 e. The van der Waals surface area contributed by atoms with E-state index in [4.69, 9.17) is 34.8 Å². The van der Waals surface area contributed by atoms with E-state index in [1.54, 1.807) is 18.2 Å². The molecule has 0 fully saturated rings. The third kappa shape index (κ3) is 4.61. The van der Waals surface area contributed by atoms with Crippen molar-refractivity contribution in [2.75, 3.05) is 11.9 Å². The summed E-state index contributed by atoms with van der Waals surface area (Å²) in [6.45, 7) is 0.657. The minimum atomic E-state index is -0.203. The van der Waals surface area contributed by atoms with Gasteiger partial charge in [-0.15, -0.1) is 0 Å². The van der Waals surface area contributed by atoms with Gasteiger partial charge in [0.05, 0.1) is 22.3 Å². The SMILES string of the molecule is O=C(CNCc1ccccc1Cl)Nc1cccc(Cl)c1Cl. The normalized spacial score (nSPS) is 10.4. The van der Waals surface area contributed by atoms with Crippen molar-refractivity contribution in [3.05, 3.63) is 63.1 Å².